The van der Waals surface area contributed by atoms with Gasteiger partial charge in [0.15, 0.2) is 18.2 Å². The number of rotatable bonds is 15. The first-order valence-corrected chi connectivity index (χ1v) is 15.9. The first-order valence-electron chi connectivity index (χ1n) is 15.9. The molecule has 1 aliphatic carbocycles. The number of nitrogens with zero attached hydrogens (tertiary/aromatic N) is 1. The quantitative estimate of drug-likeness (QED) is 0.0910. The molecule has 2 aromatic heterocycles. The van der Waals surface area contributed by atoms with Crippen LogP contribution in [0.3, 0.4) is 0 Å². The number of phenols is 2. The second-order valence-corrected chi connectivity index (χ2v) is 12.5. The Labute approximate surface area is 263 Å². The highest BCUT2D eigenvalue weighted by Gasteiger charge is 2.39. The molecule has 2 atom stereocenters. The summed E-state index contributed by atoms with van der Waals surface area (Å²) in [5, 5.41) is 42.0. The third-order valence-corrected chi connectivity index (χ3v) is 9.17. The van der Waals surface area contributed by atoms with E-state index in [1.807, 2.05) is 36.0 Å². The van der Waals surface area contributed by atoms with Crippen molar-refractivity contribution in [3.05, 3.63) is 77.2 Å². The number of hydrogen-bond donors (Lipinski definition) is 7. The van der Waals surface area contributed by atoms with Gasteiger partial charge in [-0.1, -0.05) is 50.5 Å². The van der Waals surface area contributed by atoms with Gasteiger partial charge >= 0.3 is 0 Å². The molecule has 2 aromatic carbocycles. The molecule has 0 bridgehead atoms. The number of aromatic hydroxyl groups is 2. The molecule has 10 heteroatoms. The Morgan fingerprint density at radius 3 is 2.58 bits per heavy atom. The number of aliphatic hydroxyl groups excluding tert-OH is 2. The minimum absolute atomic E-state index is 0.0565. The van der Waals surface area contributed by atoms with Crippen molar-refractivity contribution in [3.63, 3.8) is 0 Å². The molecule has 242 valence electrons. The Hall–Kier alpha value is -3.83. The van der Waals surface area contributed by atoms with Crippen LogP contribution in [0.5, 0.6) is 17.2 Å². The molecule has 2 heterocycles. The second kappa shape index (κ2) is 14.1. The van der Waals surface area contributed by atoms with Crippen molar-refractivity contribution in [1.82, 2.24) is 9.55 Å². The van der Waals surface area contributed by atoms with Gasteiger partial charge in [0.2, 0.25) is 0 Å². The van der Waals surface area contributed by atoms with Crippen LogP contribution in [-0.2, 0) is 23.4 Å². The smallest absolute Gasteiger partial charge is 0.165 e. The van der Waals surface area contributed by atoms with Gasteiger partial charge in [-0.15, -0.1) is 0 Å². The van der Waals surface area contributed by atoms with Crippen molar-refractivity contribution in [1.29, 1.82) is 0 Å². The van der Waals surface area contributed by atoms with E-state index in [1.54, 1.807) is 6.07 Å². The Morgan fingerprint density at radius 1 is 1.07 bits per heavy atom. The molecule has 9 N–H and O–H groups in total. The SMILES string of the molecule is CCCC(O)CC(O)CC(=O)CCc1cc(OCn2cc3[nH]cc(C4(c5cccc(C(N)N)c5)CCCC4)c3c2)c(O)cc1O. The fourth-order valence-corrected chi connectivity index (χ4v) is 6.82. The number of carbonyl (C=O) groups is 1. The average molecular weight is 619 g/mol. The highest BCUT2D eigenvalue weighted by molar-refractivity contribution is 5.85. The third-order valence-electron chi connectivity index (χ3n) is 9.17. The summed E-state index contributed by atoms with van der Waals surface area (Å²) in [7, 11) is 0. The molecule has 2 unspecified atom stereocenters. The highest BCUT2D eigenvalue weighted by atomic mass is 16.5. The molecule has 0 radical (unpaired) electrons. The van der Waals surface area contributed by atoms with E-state index in [-0.39, 0.29) is 60.9 Å². The lowest BCUT2D eigenvalue weighted by Crippen LogP contribution is -2.25. The lowest BCUT2D eigenvalue weighted by molar-refractivity contribution is -0.121. The van der Waals surface area contributed by atoms with E-state index in [1.165, 1.54) is 17.2 Å². The second-order valence-electron chi connectivity index (χ2n) is 12.5. The lowest BCUT2D eigenvalue weighted by Gasteiger charge is -2.30. The largest absolute Gasteiger partial charge is 0.508 e. The van der Waals surface area contributed by atoms with E-state index < -0.39 is 18.4 Å². The fourth-order valence-electron chi connectivity index (χ4n) is 6.82. The Morgan fingerprint density at radius 2 is 1.84 bits per heavy atom. The number of aliphatic hydroxyl groups is 2. The molecular formula is C35H46N4O6. The van der Waals surface area contributed by atoms with Crippen LogP contribution in [0.15, 0.2) is 55.0 Å². The summed E-state index contributed by atoms with van der Waals surface area (Å²) in [6.45, 7) is 2.07. The van der Waals surface area contributed by atoms with Gasteiger partial charge in [0.05, 0.1) is 23.9 Å². The van der Waals surface area contributed by atoms with E-state index in [9.17, 15) is 25.2 Å². The first kappa shape index (κ1) is 32.6. The fraction of sp³-hybridized carbons (Fsp3) is 0.457. The van der Waals surface area contributed by atoms with E-state index in [0.29, 0.717) is 12.0 Å². The molecule has 0 saturated heterocycles. The third kappa shape index (κ3) is 7.36. The number of benzene rings is 2. The van der Waals surface area contributed by atoms with Crippen molar-refractivity contribution < 1.29 is 30.0 Å². The monoisotopic (exact) mass is 618 g/mol. The molecule has 1 fully saturated rings. The van der Waals surface area contributed by atoms with Gasteiger partial charge in [0, 0.05) is 48.3 Å². The number of aromatic nitrogens is 2. The average Bonchev–Trinajstić information content (AvgIpc) is 3.73. The molecule has 45 heavy (non-hydrogen) atoms. The van der Waals surface area contributed by atoms with Crippen LogP contribution >= 0.6 is 0 Å². The number of aromatic amines is 1. The minimum atomic E-state index is -0.905. The number of phenolic OH excluding ortho intramolecular Hbond substituents is 2. The molecule has 0 amide bonds. The summed E-state index contributed by atoms with van der Waals surface area (Å²) < 4.78 is 7.89. The van der Waals surface area contributed by atoms with Crippen LogP contribution < -0.4 is 16.2 Å². The van der Waals surface area contributed by atoms with E-state index in [4.69, 9.17) is 16.2 Å². The first-order chi connectivity index (χ1) is 21.6. The number of aryl methyl sites for hydroxylation is 1. The maximum atomic E-state index is 12.5. The van der Waals surface area contributed by atoms with Gasteiger partial charge in [-0.05, 0) is 60.4 Å². The van der Waals surface area contributed by atoms with Crippen LogP contribution in [0.4, 0.5) is 0 Å². The molecule has 10 nitrogen and oxygen atoms in total. The minimum Gasteiger partial charge on any atom is -0.508 e. The zero-order valence-electron chi connectivity index (χ0n) is 25.9. The Kier molecular flexibility index (Phi) is 10.2. The Balaban J connectivity index is 1.27. The number of fused-ring (bicyclic) bond motifs is 1. The van der Waals surface area contributed by atoms with Crippen molar-refractivity contribution in [2.24, 2.45) is 11.5 Å². The molecule has 1 aliphatic rings. The van der Waals surface area contributed by atoms with Crippen molar-refractivity contribution >= 4 is 16.7 Å². The molecule has 1 saturated carbocycles. The maximum absolute atomic E-state index is 12.5. The summed E-state index contributed by atoms with van der Waals surface area (Å²) in [5.41, 5.74) is 16.7. The van der Waals surface area contributed by atoms with Crippen LogP contribution in [0.2, 0.25) is 0 Å². The van der Waals surface area contributed by atoms with Gasteiger partial charge in [-0.2, -0.15) is 0 Å². The molecule has 4 aromatic rings. The predicted octanol–water partition coefficient (Wildman–Crippen LogP) is 5.00. The molecule has 5 rings (SSSR count). The van der Waals surface area contributed by atoms with E-state index >= 15 is 0 Å². The molecule has 0 spiro atoms. The number of nitrogens with one attached hydrogen (secondary N) is 1. The number of nitrogens with two attached hydrogens (primary N) is 2. The van der Waals surface area contributed by atoms with Crippen LogP contribution in [0.25, 0.3) is 10.9 Å². The predicted molar refractivity (Wildman–Crippen MR) is 173 cm³/mol. The summed E-state index contributed by atoms with van der Waals surface area (Å²) in [6.07, 6.45) is 10.2. The summed E-state index contributed by atoms with van der Waals surface area (Å²) >= 11 is 0. The summed E-state index contributed by atoms with van der Waals surface area (Å²) in [5.74, 6) is -0.314. The van der Waals surface area contributed by atoms with Gasteiger partial charge in [0.25, 0.3) is 0 Å². The van der Waals surface area contributed by atoms with E-state index in [2.05, 4.69) is 23.3 Å². The number of Topliss-reactive ketones (excluding diaryl/α,β-unsaturated/α-hetero) is 1. The van der Waals surface area contributed by atoms with Gasteiger partial charge in [-0.25, -0.2) is 0 Å². The van der Waals surface area contributed by atoms with Crippen LogP contribution in [-0.4, -0.2) is 48.0 Å². The van der Waals surface area contributed by atoms with Gasteiger partial charge < -0.3 is 46.2 Å². The van der Waals surface area contributed by atoms with Crippen molar-refractivity contribution in [3.8, 4) is 17.2 Å². The van der Waals surface area contributed by atoms with Crippen molar-refractivity contribution in [2.45, 2.75) is 102 Å². The molecule has 0 aliphatic heterocycles. The highest BCUT2D eigenvalue weighted by Crippen LogP contribution is 2.49. The van der Waals surface area contributed by atoms with E-state index in [0.717, 1.165) is 48.6 Å². The number of H-pyrrole nitrogens is 1. The standard InChI is InChI=1S/C35H46N4O6/c1-2-6-25(40)15-27(42)16-26(41)10-9-22-14-33(32(44)17-31(22)43)45-21-39-19-28-29(18-38-30(28)20-39)35(11-3-4-12-35)24-8-5-7-23(13-24)34(36)37/h5,7-8,13-14,17-20,25,27,34,38,40,42-44H,2-4,6,9-12,15-16,21,36-37H2,1H3. The normalized spacial score (nSPS) is 16.0. The Bertz CT molecular complexity index is 1600. The van der Waals surface area contributed by atoms with Crippen molar-refractivity contribution in [2.75, 3.05) is 0 Å². The lowest BCUT2D eigenvalue weighted by atomic mass is 9.73. The topological polar surface area (TPSA) is 180 Å². The van der Waals surface area contributed by atoms with Gasteiger partial charge in [-0.3, -0.25) is 4.79 Å². The number of ketones is 1. The number of ether oxygens (including phenoxy) is 1. The zero-order valence-corrected chi connectivity index (χ0v) is 25.9. The van der Waals surface area contributed by atoms with Gasteiger partial charge in [0.1, 0.15) is 11.5 Å². The maximum Gasteiger partial charge on any atom is 0.165 e. The van der Waals surface area contributed by atoms with Crippen LogP contribution in [0, 0.1) is 0 Å². The number of hydrogen-bond acceptors (Lipinski definition) is 8. The summed E-state index contributed by atoms with van der Waals surface area (Å²) in [4.78, 5) is 15.9. The zero-order chi connectivity index (χ0) is 32.1. The molecular weight excluding hydrogens is 572 g/mol. The number of carbonyl (C=O) groups excluding carboxylic acids is 1. The summed E-state index contributed by atoms with van der Waals surface area (Å²) in [6, 6.07) is 11.0. The van der Waals surface area contributed by atoms with Crippen LogP contribution in [0.1, 0.15) is 93.1 Å².